The van der Waals surface area contributed by atoms with Crippen LogP contribution in [0.3, 0.4) is 0 Å². The number of Topliss-reactive ketones (excluding diaryl/α,β-unsaturated/α-hetero) is 1. The van der Waals surface area contributed by atoms with E-state index in [9.17, 15) is 13.6 Å². The molecule has 0 saturated carbocycles. The summed E-state index contributed by atoms with van der Waals surface area (Å²) in [6.45, 7) is 2.45. The van der Waals surface area contributed by atoms with E-state index >= 15 is 0 Å². The van der Waals surface area contributed by atoms with E-state index in [0.29, 0.717) is 5.92 Å². The van der Waals surface area contributed by atoms with E-state index in [-0.39, 0.29) is 17.9 Å². The smallest absolute Gasteiger partial charge is 0.179 e. The molecular weight excluding hydrogens is 264 g/mol. The maximum absolute atomic E-state index is 13.5. The van der Waals surface area contributed by atoms with E-state index < -0.39 is 11.6 Å². The number of carbonyl (C=O) groups is 1. The van der Waals surface area contributed by atoms with Crippen molar-refractivity contribution in [2.75, 3.05) is 33.4 Å². The molecule has 0 N–H and O–H groups in total. The first-order valence-corrected chi connectivity index (χ1v) is 6.79. The Balaban J connectivity index is 1.91. The van der Waals surface area contributed by atoms with Gasteiger partial charge in [0.1, 0.15) is 11.6 Å². The van der Waals surface area contributed by atoms with Crippen LogP contribution in [-0.2, 0) is 4.74 Å². The van der Waals surface area contributed by atoms with Crippen LogP contribution in [0.15, 0.2) is 18.2 Å². The quantitative estimate of drug-likeness (QED) is 0.778. The Kier molecular flexibility index (Phi) is 5.20. The van der Waals surface area contributed by atoms with Gasteiger partial charge in [0.05, 0.1) is 12.1 Å². The second-order valence-electron chi connectivity index (χ2n) is 5.22. The highest BCUT2D eigenvalue weighted by atomic mass is 19.1. The zero-order valence-corrected chi connectivity index (χ0v) is 11.6. The Labute approximate surface area is 117 Å². The van der Waals surface area contributed by atoms with Crippen LogP contribution in [0.4, 0.5) is 8.78 Å². The fourth-order valence-electron chi connectivity index (χ4n) is 2.55. The van der Waals surface area contributed by atoms with E-state index in [0.717, 1.165) is 50.7 Å². The molecule has 0 spiro atoms. The second kappa shape index (κ2) is 6.90. The van der Waals surface area contributed by atoms with Crippen LogP contribution in [0.25, 0.3) is 0 Å². The van der Waals surface area contributed by atoms with E-state index in [2.05, 4.69) is 0 Å². The molecule has 0 bridgehead atoms. The molecule has 0 atom stereocenters. The molecule has 110 valence electrons. The lowest BCUT2D eigenvalue weighted by Gasteiger charge is -2.31. The van der Waals surface area contributed by atoms with Gasteiger partial charge in [0.15, 0.2) is 5.78 Å². The summed E-state index contributed by atoms with van der Waals surface area (Å²) < 4.78 is 31.7. The first kappa shape index (κ1) is 15.1. The minimum absolute atomic E-state index is 0.139. The summed E-state index contributed by atoms with van der Waals surface area (Å²) in [4.78, 5) is 14.0. The zero-order valence-electron chi connectivity index (χ0n) is 11.6. The highest BCUT2D eigenvalue weighted by molar-refractivity contribution is 5.97. The zero-order chi connectivity index (χ0) is 14.5. The number of nitrogens with zero attached hydrogens (tertiary/aromatic N) is 1. The topological polar surface area (TPSA) is 29.5 Å². The number of benzene rings is 1. The molecule has 1 heterocycles. The molecular formula is C15H19F2NO2. The van der Waals surface area contributed by atoms with Gasteiger partial charge in [0.25, 0.3) is 0 Å². The first-order chi connectivity index (χ1) is 9.60. The summed E-state index contributed by atoms with van der Waals surface area (Å²) in [6, 6.07) is 2.98. The molecule has 0 amide bonds. The minimum Gasteiger partial charge on any atom is -0.384 e. The Morgan fingerprint density at radius 3 is 2.70 bits per heavy atom. The number of methoxy groups -OCH3 is 1. The number of rotatable bonds is 5. The minimum atomic E-state index is -0.661. The summed E-state index contributed by atoms with van der Waals surface area (Å²) in [5, 5.41) is 0. The molecule has 1 fully saturated rings. The van der Waals surface area contributed by atoms with Crippen molar-refractivity contribution >= 4 is 5.78 Å². The molecule has 3 nitrogen and oxygen atoms in total. The Morgan fingerprint density at radius 1 is 1.35 bits per heavy atom. The van der Waals surface area contributed by atoms with Gasteiger partial charge < -0.3 is 4.74 Å². The van der Waals surface area contributed by atoms with Gasteiger partial charge in [-0.15, -0.1) is 0 Å². The van der Waals surface area contributed by atoms with Crippen molar-refractivity contribution in [3.05, 3.63) is 35.4 Å². The van der Waals surface area contributed by atoms with Crippen molar-refractivity contribution < 1.29 is 18.3 Å². The lowest BCUT2D eigenvalue weighted by molar-refractivity contribution is 0.0806. The SMILES string of the molecule is COCC1CCN(CC(=O)c2cc(F)ccc2F)CC1. The van der Waals surface area contributed by atoms with Gasteiger partial charge in [0, 0.05) is 13.7 Å². The van der Waals surface area contributed by atoms with E-state index in [1.165, 1.54) is 0 Å². The van der Waals surface area contributed by atoms with Crippen molar-refractivity contribution in [1.29, 1.82) is 0 Å². The molecule has 1 aromatic carbocycles. The monoisotopic (exact) mass is 283 g/mol. The van der Waals surface area contributed by atoms with E-state index in [4.69, 9.17) is 4.74 Å². The summed E-state index contributed by atoms with van der Waals surface area (Å²) in [7, 11) is 1.68. The van der Waals surface area contributed by atoms with Gasteiger partial charge >= 0.3 is 0 Å². The number of ether oxygens (including phenoxy) is 1. The van der Waals surface area contributed by atoms with Gasteiger partial charge in [-0.05, 0) is 50.0 Å². The summed E-state index contributed by atoms with van der Waals surface area (Å²) in [6.07, 6.45) is 1.93. The van der Waals surface area contributed by atoms with Crippen LogP contribution in [0, 0.1) is 17.6 Å². The average Bonchev–Trinajstić information content (AvgIpc) is 2.44. The van der Waals surface area contributed by atoms with Crippen LogP contribution in [0.5, 0.6) is 0 Å². The van der Waals surface area contributed by atoms with Crippen molar-refractivity contribution in [3.8, 4) is 0 Å². The number of likely N-dealkylation sites (tertiary alicyclic amines) is 1. The van der Waals surface area contributed by atoms with Crippen LogP contribution < -0.4 is 0 Å². The predicted octanol–water partition coefficient (Wildman–Crippen LogP) is 2.51. The summed E-state index contributed by atoms with van der Waals surface area (Å²) in [5.41, 5.74) is -0.163. The average molecular weight is 283 g/mol. The van der Waals surface area contributed by atoms with Crippen LogP contribution in [0.1, 0.15) is 23.2 Å². The Hall–Kier alpha value is -1.33. The maximum atomic E-state index is 13.5. The molecule has 0 unspecified atom stereocenters. The van der Waals surface area contributed by atoms with Crippen molar-refractivity contribution in [3.63, 3.8) is 0 Å². The number of ketones is 1. The Morgan fingerprint density at radius 2 is 2.05 bits per heavy atom. The predicted molar refractivity (Wildman–Crippen MR) is 71.7 cm³/mol. The molecule has 20 heavy (non-hydrogen) atoms. The molecule has 1 aliphatic rings. The number of halogens is 2. The lowest BCUT2D eigenvalue weighted by atomic mass is 9.97. The maximum Gasteiger partial charge on any atom is 0.179 e. The van der Waals surface area contributed by atoms with Crippen molar-refractivity contribution in [1.82, 2.24) is 4.90 Å². The number of hydrogen-bond acceptors (Lipinski definition) is 3. The fourth-order valence-corrected chi connectivity index (χ4v) is 2.55. The molecule has 0 radical (unpaired) electrons. The normalized spacial score (nSPS) is 17.4. The van der Waals surface area contributed by atoms with Crippen molar-refractivity contribution in [2.45, 2.75) is 12.8 Å². The van der Waals surface area contributed by atoms with Gasteiger partial charge in [-0.25, -0.2) is 8.78 Å². The molecule has 2 rings (SSSR count). The van der Waals surface area contributed by atoms with Gasteiger partial charge in [-0.1, -0.05) is 0 Å². The highest BCUT2D eigenvalue weighted by Crippen LogP contribution is 2.18. The third-order valence-electron chi connectivity index (χ3n) is 3.71. The van der Waals surface area contributed by atoms with Crippen LogP contribution in [-0.4, -0.2) is 44.0 Å². The third kappa shape index (κ3) is 3.84. The van der Waals surface area contributed by atoms with Gasteiger partial charge in [-0.3, -0.25) is 9.69 Å². The van der Waals surface area contributed by atoms with Gasteiger partial charge in [-0.2, -0.15) is 0 Å². The van der Waals surface area contributed by atoms with Gasteiger partial charge in [0.2, 0.25) is 0 Å². The van der Waals surface area contributed by atoms with Crippen molar-refractivity contribution in [2.24, 2.45) is 5.92 Å². The molecule has 5 heteroatoms. The second-order valence-corrected chi connectivity index (χ2v) is 5.22. The summed E-state index contributed by atoms with van der Waals surface area (Å²) in [5.74, 6) is -1.09. The molecule has 1 aliphatic heterocycles. The number of carbonyl (C=O) groups excluding carboxylic acids is 1. The number of piperidine rings is 1. The third-order valence-corrected chi connectivity index (χ3v) is 3.71. The molecule has 0 aromatic heterocycles. The highest BCUT2D eigenvalue weighted by Gasteiger charge is 2.22. The number of hydrogen-bond donors (Lipinski definition) is 0. The standard InChI is InChI=1S/C15H19F2NO2/c1-20-10-11-4-6-18(7-5-11)9-15(19)13-8-12(16)2-3-14(13)17/h2-3,8,11H,4-7,9-10H2,1H3. The van der Waals surface area contributed by atoms with E-state index in [1.54, 1.807) is 7.11 Å². The summed E-state index contributed by atoms with van der Waals surface area (Å²) >= 11 is 0. The molecule has 1 saturated heterocycles. The lowest BCUT2D eigenvalue weighted by Crippen LogP contribution is -2.38. The first-order valence-electron chi connectivity index (χ1n) is 6.79. The Bertz CT molecular complexity index is 471. The van der Waals surface area contributed by atoms with Crippen LogP contribution in [0.2, 0.25) is 0 Å². The molecule has 0 aliphatic carbocycles. The molecule has 1 aromatic rings. The van der Waals surface area contributed by atoms with E-state index in [1.807, 2.05) is 4.90 Å². The fraction of sp³-hybridized carbons (Fsp3) is 0.533. The van der Waals surface area contributed by atoms with Crippen LogP contribution >= 0.6 is 0 Å². The largest absolute Gasteiger partial charge is 0.384 e.